The lowest BCUT2D eigenvalue weighted by atomic mass is 10.2. The Labute approximate surface area is 117 Å². The van der Waals surface area contributed by atoms with Crippen molar-refractivity contribution in [1.82, 2.24) is 9.97 Å². The second-order valence-electron chi connectivity index (χ2n) is 5.26. The number of aromatic nitrogens is 2. The summed E-state index contributed by atoms with van der Waals surface area (Å²) in [5, 5.41) is 3.29. The van der Waals surface area contributed by atoms with Crippen molar-refractivity contribution in [3.05, 3.63) is 11.4 Å². The van der Waals surface area contributed by atoms with E-state index in [0.717, 1.165) is 42.5 Å². The van der Waals surface area contributed by atoms with E-state index in [1.165, 1.54) is 0 Å². The van der Waals surface area contributed by atoms with Crippen LogP contribution in [-0.4, -0.2) is 22.6 Å². The average Bonchev–Trinajstić information content (AvgIpc) is 2.34. The highest BCUT2D eigenvalue weighted by atomic mass is 16.5. The molecule has 0 radical (unpaired) electrons. The van der Waals surface area contributed by atoms with Gasteiger partial charge in [0.05, 0.1) is 11.7 Å². The molecule has 1 rings (SSSR count). The molecule has 0 aliphatic carbocycles. The molecule has 1 unspecified atom stereocenters. The lowest BCUT2D eigenvalue weighted by Gasteiger charge is -2.18. The standard InChI is InChI=1S/C15H27N3O/c1-7-9-11(5)19-15-12(6)14(16-8-2)17-13(18-15)10(3)4/h10-11H,7-9H2,1-6H3,(H,16,17,18). The fourth-order valence-electron chi connectivity index (χ4n) is 1.88. The molecule has 0 bridgehead atoms. The predicted octanol–water partition coefficient (Wildman–Crippen LogP) is 3.91. The van der Waals surface area contributed by atoms with Crippen LogP contribution in [0.4, 0.5) is 5.82 Å². The van der Waals surface area contributed by atoms with Crippen LogP contribution in [0.1, 0.15) is 64.8 Å². The van der Waals surface area contributed by atoms with Gasteiger partial charge in [-0.1, -0.05) is 27.2 Å². The third-order valence-electron chi connectivity index (χ3n) is 2.99. The average molecular weight is 265 g/mol. The van der Waals surface area contributed by atoms with Crippen LogP contribution in [0.5, 0.6) is 5.88 Å². The molecule has 0 amide bonds. The molecule has 1 N–H and O–H groups in total. The van der Waals surface area contributed by atoms with Crippen molar-refractivity contribution in [3.63, 3.8) is 0 Å². The zero-order valence-electron chi connectivity index (χ0n) is 13.1. The SMILES string of the molecule is CCCC(C)Oc1nc(C(C)C)nc(NCC)c1C. The first-order chi connectivity index (χ1) is 8.99. The topological polar surface area (TPSA) is 47.0 Å². The fourth-order valence-corrected chi connectivity index (χ4v) is 1.88. The number of anilines is 1. The van der Waals surface area contributed by atoms with Crippen LogP contribution < -0.4 is 10.1 Å². The van der Waals surface area contributed by atoms with E-state index in [1.807, 2.05) is 6.92 Å². The van der Waals surface area contributed by atoms with Crippen LogP contribution in [0.3, 0.4) is 0 Å². The zero-order chi connectivity index (χ0) is 14.4. The molecule has 1 atom stereocenters. The molecule has 4 nitrogen and oxygen atoms in total. The number of ether oxygens (including phenoxy) is 1. The number of hydrogen-bond donors (Lipinski definition) is 1. The quantitative estimate of drug-likeness (QED) is 0.812. The van der Waals surface area contributed by atoms with Crippen molar-refractivity contribution >= 4 is 5.82 Å². The van der Waals surface area contributed by atoms with Gasteiger partial charge >= 0.3 is 0 Å². The summed E-state index contributed by atoms with van der Waals surface area (Å²) in [5.74, 6) is 2.73. The normalized spacial score (nSPS) is 12.6. The van der Waals surface area contributed by atoms with Gasteiger partial charge in [0.2, 0.25) is 5.88 Å². The van der Waals surface area contributed by atoms with Gasteiger partial charge in [0.15, 0.2) is 0 Å². The Kier molecular flexibility index (Phi) is 6.06. The van der Waals surface area contributed by atoms with E-state index in [-0.39, 0.29) is 6.10 Å². The van der Waals surface area contributed by atoms with E-state index in [9.17, 15) is 0 Å². The molecule has 1 aromatic heterocycles. The molecule has 0 aliphatic heterocycles. The Morgan fingerprint density at radius 2 is 1.84 bits per heavy atom. The van der Waals surface area contributed by atoms with Crippen LogP contribution in [-0.2, 0) is 0 Å². The van der Waals surface area contributed by atoms with Gasteiger partial charge in [-0.3, -0.25) is 0 Å². The van der Waals surface area contributed by atoms with Crippen molar-refractivity contribution < 1.29 is 4.74 Å². The maximum absolute atomic E-state index is 5.97. The Morgan fingerprint density at radius 1 is 1.16 bits per heavy atom. The van der Waals surface area contributed by atoms with Crippen LogP contribution in [0.15, 0.2) is 0 Å². The number of nitrogens with zero attached hydrogens (tertiary/aromatic N) is 2. The molecular weight excluding hydrogens is 238 g/mol. The highest BCUT2D eigenvalue weighted by molar-refractivity contribution is 5.48. The summed E-state index contributed by atoms with van der Waals surface area (Å²) in [6, 6.07) is 0. The van der Waals surface area contributed by atoms with E-state index < -0.39 is 0 Å². The van der Waals surface area contributed by atoms with Gasteiger partial charge in [-0.25, -0.2) is 4.98 Å². The number of nitrogens with one attached hydrogen (secondary N) is 1. The molecular formula is C15H27N3O. The molecule has 0 fully saturated rings. The van der Waals surface area contributed by atoms with E-state index in [4.69, 9.17) is 4.74 Å². The summed E-state index contributed by atoms with van der Waals surface area (Å²) < 4.78 is 5.97. The summed E-state index contributed by atoms with van der Waals surface area (Å²) in [5.41, 5.74) is 0.995. The molecule has 0 aliphatic rings. The van der Waals surface area contributed by atoms with Gasteiger partial charge in [-0.2, -0.15) is 4.98 Å². The summed E-state index contributed by atoms with van der Waals surface area (Å²) >= 11 is 0. The maximum Gasteiger partial charge on any atom is 0.222 e. The minimum Gasteiger partial charge on any atom is -0.474 e. The smallest absolute Gasteiger partial charge is 0.222 e. The van der Waals surface area contributed by atoms with Crippen molar-refractivity contribution in [2.45, 2.75) is 66.4 Å². The Hall–Kier alpha value is -1.32. The van der Waals surface area contributed by atoms with Crippen LogP contribution in [0.25, 0.3) is 0 Å². The molecule has 108 valence electrons. The molecule has 4 heteroatoms. The monoisotopic (exact) mass is 265 g/mol. The first kappa shape index (κ1) is 15.7. The largest absolute Gasteiger partial charge is 0.474 e. The van der Waals surface area contributed by atoms with Gasteiger partial charge in [-0.15, -0.1) is 0 Å². The third kappa shape index (κ3) is 4.37. The number of rotatable bonds is 7. The highest BCUT2D eigenvalue weighted by Gasteiger charge is 2.15. The summed E-state index contributed by atoms with van der Waals surface area (Å²) in [6.45, 7) is 13.4. The zero-order valence-corrected chi connectivity index (χ0v) is 13.1. The van der Waals surface area contributed by atoms with E-state index >= 15 is 0 Å². The van der Waals surface area contributed by atoms with E-state index in [0.29, 0.717) is 5.92 Å². The lowest BCUT2D eigenvalue weighted by molar-refractivity contribution is 0.199. The van der Waals surface area contributed by atoms with Gasteiger partial charge in [0.25, 0.3) is 0 Å². The minimum absolute atomic E-state index is 0.188. The summed E-state index contributed by atoms with van der Waals surface area (Å²) in [4.78, 5) is 9.14. The Bertz CT molecular complexity index is 405. The highest BCUT2D eigenvalue weighted by Crippen LogP contribution is 2.26. The molecule has 1 heterocycles. The Balaban J connectivity index is 3.06. The molecule has 0 saturated heterocycles. The van der Waals surface area contributed by atoms with Gasteiger partial charge in [-0.05, 0) is 27.2 Å². The number of hydrogen-bond acceptors (Lipinski definition) is 4. The van der Waals surface area contributed by atoms with Crippen molar-refractivity contribution in [2.24, 2.45) is 0 Å². The maximum atomic E-state index is 5.97. The summed E-state index contributed by atoms with van der Waals surface area (Å²) in [6.07, 6.45) is 2.34. The van der Waals surface area contributed by atoms with E-state index in [2.05, 4.69) is 49.9 Å². The Morgan fingerprint density at radius 3 is 2.37 bits per heavy atom. The van der Waals surface area contributed by atoms with Crippen LogP contribution in [0.2, 0.25) is 0 Å². The van der Waals surface area contributed by atoms with Gasteiger partial charge in [0, 0.05) is 12.5 Å². The van der Waals surface area contributed by atoms with Gasteiger partial charge in [0.1, 0.15) is 11.6 Å². The van der Waals surface area contributed by atoms with E-state index in [1.54, 1.807) is 0 Å². The van der Waals surface area contributed by atoms with Gasteiger partial charge < -0.3 is 10.1 Å². The lowest BCUT2D eigenvalue weighted by Crippen LogP contribution is -2.16. The predicted molar refractivity (Wildman–Crippen MR) is 80.0 cm³/mol. The first-order valence-corrected chi connectivity index (χ1v) is 7.28. The first-order valence-electron chi connectivity index (χ1n) is 7.28. The molecule has 1 aromatic rings. The fraction of sp³-hybridized carbons (Fsp3) is 0.733. The minimum atomic E-state index is 0.188. The van der Waals surface area contributed by atoms with Crippen LogP contribution in [0, 0.1) is 6.92 Å². The second-order valence-corrected chi connectivity index (χ2v) is 5.26. The third-order valence-corrected chi connectivity index (χ3v) is 2.99. The van der Waals surface area contributed by atoms with Crippen molar-refractivity contribution in [3.8, 4) is 5.88 Å². The van der Waals surface area contributed by atoms with Crippen molar-refractivity contribution in [2.75, 3.05) is 11.9 Å². The molecule has 0 aromatic carbocycles. The second kappa shape index (κ2) is 7.31. The molecule has 0 saturated carbocycles. The van der Waals surface area contributed by atoms with Crippen molar-refractivity contribution in [1.29, 1.82) is 0 Å². The van der Waals surface area contributed by atoms with Crippen LogP contribution >= 0.6 is 0 Å². The molecule has 0 spiro atoms. The molecule has 19 heavy (non-hydrogen) atoms. The summed E-state index contributed by atoms with van der Waals surface area (Å²) in [7, 11) is 0.